The summed E-state index contributed by atoms with van der Waals surface area (Å²) in [5.41, 5.74) is 7.81. The van der Waals surface area contributed by atoms with E-state index in [0.29, 0.717) is 11.8 Å². The lowest BCUT2D eigenvalue weighted by molar-refractivity contribution is -0.659. The van der Waals surface area contributed by atoms with Crippen LogP contribution in [0.25, 0.3) is 43.6 Å². The van der Waals surface area contributed by atoms with Crippen molar-refractivity contribution in [1.82, 2.24) is 0 Å². The van der Waals surface area contributed by atoms with E-state index in [-0.39, 0.29) is 0 Å². The van der Waals surface area contributed by atoms with Crippen molar-refractivity contribution < 1.29 is 9.30 Å². The molecule has 35 heavy (non-hydrogen) atoms. The summed E-state index contributed by atoms with van der Waals surface area (Å²) in [5.74, 6) is 3.04. The van der Waals surface area contributed by atoms with Crippen LogP contribution < -0.4 is 9.30 Å². The minimum Gasteiger partial charge on any atom is -0.455 e. The Hall–Kier alpha value is -3.39. The molecule has 2 nitrogen and oxygen atoms in total. The number of aromatic nitrogens is 1. The summed E-state index contributed by atoms with van der Waals surface area (Å²) < 4.78 is 9.22. The fourth-order valence-corrected chi connectivity index (χ4v) is 5.94. The third-order valence-electron chi connectivity index (χ3n) is 7.73. The molecule has 2 heterocycles. The smallest absolute Gasteiger partial charge is 0.228 e. The standard InChI is InChI=1S/C33H34NO/c1-18(2)14-28-24-11-8-20(5)15-26(24)21(6)30-32-31-25(12-13-34(32)7)27-16-22(19(3)4)9-10-23(27)17-29(31)35-33(28)30/h8-13,15-19H,14H2,1-7H3/q+1. The molecule has 6 rings (SSSR count). The largest absolute Gasteiger partial charge is 0.455 e. The van der Waals surface area contributed by atoms with Crippen LogP contribution in [0.5, 0.6) is 11.5 Å². The number of ether oxygens (including phenoxy) is 1. The van der Waals surface area contributed by atoms with Crippen LogP contribution in [-0.4, -0.2) is 0 Å². The van der Waals surface area contributed by atoms with Gasteiger partial charge in [-0.05, 0) is 70.8 Å². The van der Waals surface area contributed by atoms with Crippen LogP contribution in [0.2, 0.25) is 0 Å². The van der Waals surface area contributed by atoms with E-state index in [0.717, 1.165) is 17.9 Å². The Labute approximate surface area is 208 Å². The molecule has 0 saturated heterocycles. The second-order valence-electron chi connectivity index (χ2n) is 11.1. The number of aryl methyl sites for hydroxylation is 3. The third kappa shape index (κ3) is 3.26. The van der Waals surface area contributed by atoms with Crippen molar-refractivity contribution in [3.8, 4) is 22.8 Å². The Morgan fingerprint density at radius 3 is 2.37 bits per heavy atom. The zero-order chi connectivity index (χ0) is 24.6. The van der Waals surface area contributed by atoms with Gasteiger partial charge in [0.25, 0.3) is 0 Å². The number of hydrogen-bond donors (Lipinski definition) is 0. The molecule has 2 heteroatoms. The first-order valence-electron chi connectivity index (χ1n) is 12.9. The predicted molar refractivity (Wildman–Crippen MR) is 148 cm³/mol. The van der Waals surface area contributed by atoms with Gasteiger partial charge in [-0.2, -0.15) is 0 Å². The monoisotopic (exact) mass is 460 g/mol. The van der Waals surface area contributed by atoms with Gasteiger partial charge in [-0.25, -0.2) is 4.57 Å². The average Bonchev–Trinajstić information content (AvgIpc) is 2.82. The van der Waals surface area contributed by atoms with Gasteiger partial charge in [-0.1, -0.05) is 69.7 Å². The zero-order valence-electron chi connectivity index (χ0n) is 21.9. The van der Waals surface area contributed by atoms with Gasteiger partial charge in [0.05, 0.1) is 10.9 Å². The molecule has 0 unspecified atom stereocenters. The Balaban J connectivity index is 1.79. The Morgan fingerprint density at radius 1 is 0.829 bits per heavy atom. The SMILES string of the molecule is Cc1ccc2c(CC(C)C)c3c(c(C)c2c1)-c1c2c(cc4ccc(C(C)C)cc4c2cc[n+]1C)O3. The maximum absolute atomic E-state index is 6.93. The van der Waals surface area contributed by atoms with Crippen molar-refractivity contribution in [1.29, 1.82) is 0 Å². The lowest BCUT2D eigenvalue weighted by Crippen LogP contribution is -2.32. The number of hydrogen-bond acceptors (Lipinski definition) is 1. The molecule has 0 saturated carbocycles. The number of benzene rings is 4. The maximum Gasteiger partial charge on any atom is 0.228 e. The topological polar surface area (TPSA) is 13.1 Å². The Morgan fingerprint density at radius 2 is 1.63 bits per heavy atom. The molecule has 0 atom stereocenters. The zero-order valence-corrected chi connectivity index (χ0v) is 21.9. The average molecular weight is 461 g/mol. The van der Waals surface area contributed by atoms with Crippen molar-refractivity contribution in [2.75, 3.05) is 0 Å². The second-order valence-corrected chi connectivity index (χ2v) is 11.1. The lowest BCUT2D eigenvalue weighted by atomic mass is 9.85. The summed E-state index contributed by atoms with van der Waals surface area (Å²) in [5, 5.41) is 7.70. The van der Waals surface area contributed by atoms with Crippen LogP contribution in [0.4, 0.5) is 0 Å². The molecule has 5 aromatic rings. The van der Waals surface area contributed by atoms with Gasteiger partial charge in [-0.3, -0.25) is 0 Å². The van der Waals surface area contributed by atoms with Gasteiger partial charge >= 0.3 is 0 Å². The van der Waals surface area contributed by atoms with E-state index in [9.17, 15) is 0 Å². The number of rotatable bonds is 3. The van der Waals surface area contributed by atoms with Gasteiger partial charge in [0.2, 0.25) is 5.69 Å². The van der Waals surface area contributed by atoms with Gasteiger partial charge in [-0.15, -0.1) is 0 Å². The Bertz CT molecular complexity index is 1670. The van der Waals surface area contributed by atoms with E-state index in [1.165, 1.54) is 65.8 Å². The van der Waals surface area contributed by atoms with Crippen molar-refractivity contribution >= 4 is 32.3 Å². The fourth-order valence-electron chi connectivity index (χ4n) is 5.94. The summed E-state index contributed by atoms with van der Waals surface area (Å²) in [4.78, 5) is 0. The molecule has 0 spiro atoms. The molecule has 0 N–H and O–H groups in total. The summed E-state index contributed by atoms with van der Waals surface area (Å²) in [6, 6.07) is 18.3. The molecule has 0 fully saturated rings. The molecule has 4 aromatic carbocycles. The van der Waals surface area contributed by atoms with Gasteiger partial charge < -0.3 is 4.74 Å². The Kier molecular flexibility index (Phi) is 4.93. The molecule has 1 aromatic heterocycles. The van der Waals surface area contributed by atoms with E-state index >= 15 is 0 Å². The summed E-state index contributed by atoms with van der Waals surface area (Å²) in [6.45, 7) is 13.6. The first-order valence-corrected chi connectivity index (χ1v) is 12.9. The molecule has 1 aliphatic heterocycles. The number of pyridine rings is 1. The molecule has 0 amide bonds. The predicted octanol–water partition coefficient (Wildman–Crippen LogP) is 8.68. The summed E-state index contributed by atoms with van der Waals surface area (Å²) in [7, 11) is 2.17. The summed E-state index contributed by atoms with van der Waals surface area (Å²) in [6.07, 6.45) is 3.21. The highest BCUT2D eigenvalue weighted by atomic mass is 16.5. The van der Waals surface area contributed by atoms with E-state index in [1.54, 1.807) is 0 Å². The number of nitrogens with zero attached hydrogens (tertiary/aromatic N) is 1. The molecule has 1 aliphatic rings. The van der Waals surface area contributed by atoms with Crippen LogP contribution >= 0.6 is 0 Å². The lowest BCUT2D eigenvalue weighted by Gasteiger charge is -2.26. The number of fused-ring (bicyclic) bond motifs is 5. The molecule has 0 aliphatic carbocycles. The van der Waals surface area contributed by atoms with E-state index < -0.39 is 0 Å². The van der Waals surface area contributed by atoms with Crippen molar-refractivity contribution in [3.63, 3.8) is 0 Å². The highest BCUT2D eigenvalue weighted by Crippen LogP contribution is 2.52. The first-order chi connectivity index (χ1) is 16.7. The van der Waals surface area contributed by atoms with E-state index in [2.05, 4.69) is 108 Å². The van der Waals surface area contributed by atoms with Gasteiger partial charge in [0, 0.05) is 17.0 Å². The third-order valence-corrected chi connectivity index (χ3v) is 7.73. The van der Waals surface area contributed by atoms with Crippen molar-refractivity contribution in [2.45, 2.75) is 53.9 Å². The van der Waals surface area contributed by atoms with Gasteiger partial charge in [0.15, 0.2) is 6.20 Å². The molecule has 0 bridgehead atoms. The second kappa shape index (κ2) is 7.81. The van der Waals surface area contributed by atoms with Crippen LogP contribution in [0.15, 0.2) is 54.7 Å². The van der Waals surface area contributed by atoms with Crippen LogP contribution in [0.1, 0.15) is 55.9 Å². The van der Waals surface area contributed by atoms with E-state index in [1.807, 2.05) is 0 Å². The van der Waals surface area contributed by atoms with Crippen LogP contribution in [-0.2, 0) is 13.5 Å². The maximum atomic E-state index is 6.93. The van der Waals surface area contributed by atoms with E-state index in [4.69, 9.17) is 4.74 Å². The normalized spacial score (nSPS) is 12.7. The van der Waals surface area contributed by atoms with Gasteiger partial charge in [0.1, 0.15) is 18.5 Å². The minimum atomic E-state index is 0.494. The highest BCUT2D eigenvalue weighted by molar-refractivity contribution is 6.16. The molecule has 0 radical (unpaired) electrons. The fraction of sp³-hybridized carbons (Fsp3) is 0.303. The minimum absolute atomic E-state index is 0.494. The molecular formula is C33H34NO+. The van der Waals surface area contributed by atoms with Crippen LogP contribution in [0.3, 0.4) is 0 Å². The van der Waals surface area contributed by atoms with Crippen molar-refractivity contribution in [2.24, 2.45) is 13.0 Å². The molecule has 176 valence electrons. The quantitative estimate of drug-likeness (QED) is 0.190. The van der Waals surface area contributed by atoms with Crippen LogP contribution in [0, 0.1) is 19.8 Å². The summed E-state index contributed by atoms with van der Waals surface area (Å²) >= 11 is 0. The molecular weight excluding hydrogens is 426 g/mol. The highest BCUT2D eigenvalue weighted by Gasteiger charge is 2.33. The first kappa shape index (κ1) is 22.1. The van der Waals surface area contributed by atoms with Crippen molar-refractivity contribution in [3.05, 3.63) is 77.0 Å².